The number of rotatable bonds is 3. The van der Waals surface area contributed by atoms with E-state index in [-0.39, 0.29) is 5.41 Å². The van der Waals surface area contributed by atoms with Crippen LogP contribution in [0.15, 0.2) is 83.5 Å². The van der Waals surface area contributed by atoms with Gasteiger partial charge in [-0.2, -0.15) is 0 Å². The molecule has 2 aliphatic carbocycles. The minimum absolute atomic E-state index is 0.164. The molecule has 3 aromatic rings. The van der Waals surface area contributed by atoms with Crippen LogP contribution in [0.1, 0.15) is 67.2 Å². The highest BCUT2D eigenvalue weighted by Gasteiger charge is 2.43. The minimum atomic E-state index is 0.164. The van der Waals surface area contributed by atoms with Crippen LogP contribution in [0.4, 0.5) is 0 Å². The van der Waals surface area contributed by atoms with Crippen LogP contribution in [-0.4, -0.2) is 4.90 Å². The number of allylic oxidation sites excluding steroid dienone is 6. The summed E-state index contributed by atoms with van der Waals surface area (Å²) >= 11 is 0. The molecule has 4 aliphatic rings. The first-order chi connectivity index (χ1) is 17.1. The third kappa shape index (κ3) is 3.30. The topological polar surface area (TPSA) is 16.4 Å². The number of fused-ring (bicyclic) bond motifs is 7. The molecule has 2 nitrogen and oxygen atoms in total. The van der Waals surface area contributed by atoms with E-state index in [1.165, 1.54) is 33.2 Å². The fourth-order valence-electron chi connectivity index (χ4n) is 6.91. The number of benzene rings is 2. The van der Waals surface area contributed by atoms with Gasteiger partial charge in [-0.05, 0) is 65.5 Å². The van der Waals surface area contributed by atoms with Crippen LogP contribution in [0.2, 0.25) is 0 Å². The van der Waals surface area contributed by atoms with Gasteiger partial charge in [0.15, 0.2) is 0 Å². The molecule has 35 heavy (non-hydrogen) atoms. The number of hydrogen-bond acceptors (Lipinski definition) is 2. The Hall–Kier alpha value is -3.26. The molecule has 0 fully saturated rings. The summed E-state index contributed by atoms with van der Waals surface area (Å²) in [6, 6.07) is 15.9. The van der Waals surface area contributed by atoms with Crippen molar-refractivity contribution in [2.75, 3.05) is 0 Å². The molecular formula is C33H33NO. The van der Waals surface area contributed by atoms with Crippen molar-refractivity contribution >= 4 is 22.6 Å². The van der Waals surface area contributed by atoms with Gasteiger partial charge in [0.1, 0.15) is 11.3 Å². The lowest BCUT2D eigenvalue weighted by Gasteiger charge is -2.44. The van der Waals surface area contributed by atoms with E-state index in [0.29, 0.717) is 17.9 Å². The summed E-state index contributed by atoms with van der Waals surface area (Å²) < 4.78 is 6.70. The largest absolute Gasteiger partial charge is 0.460 e. The van der Waals surface area contributed by atoms with Crippen molar-refractivity contribution < 1.29 is 4.42 Å². The van der Waals surface area contributed by atoms with Gasteiger partial charge in [0, 0.05) is 29.5 Å². The molecule has 0 bridgehead atoms. The SMILES string of the molecule is CC(C1C=CC=CC1)C1(C)C=CN2Cc3ccc4c5c(oc4c3C2C1)CCC(c1ccccc1)=C5. The highest BCUT2D eigenvalue weighted by molar-refractivity contribution is 5.97. The summed E-state index contributed by atoms with van der Waals surface area (Å²) in [5, 5.41) is 1.29. The van der Waals surface area contributed by atoms with Crippen LogP contribution in [-0.2, 0) is 13.0 Å². The summed E-state index contributed by atoms with van der Waals surface area (Å²) in [5.74, 6) is 2.36. The van der Waals surface area contributed by atoms with Crippen LogP contribution >= 0.6 is 0 Å². The molecule has 4 unspecified atom stereocenters. The van der Waals surface area contributed by atoms with Crippen LogP contribution in [0.3, 0.4) is 0 Å². The van der Waals surface area contributed by atoms with E-state index in [9.17, 15) is 0 Å². The molecule has 1 aromatic heterocycles. The van der Waals surface area contributed by atoms with Gasteiger partial charge in [0.2, 0.25) is 0 Å². The second-order valence-electron chi connectivity index (χ2n) is 11.2. The number of furan rings is 1. The molecule has 0 saturated carbocycles. The van der Waals surface area contributed by atoms with Crippen LogP contribution in [0.25, 0.3) is 22.6 Å². The molecule has 0 amide bonds. The molecule has 2 aromatic carbocycles. The number of aryl methyl sites for hydroxylation is 1. The van der Waals surface area contributed by atoms with Crippen molar-refractivity contribution in [2.24, 2.45) is 17.3 Å². The average Bonchev–Trinajstić information content (AvgIpc) is 3.46. The molecule has 2 aliphatic heterocycles. The Kier molecular flexibility index (Phi) is 4.74. The van der Waals surface area contributed by atoms with Gasteiger partial charge in [-0.3, -0.25) is 0 Å². The minimum Gasteiger partial charge on any atom is -0.460 e. The molecular weight excluding hydrogens is 426 g/mol. The third-order valence-corrected chi connectivity index (χ3v) is 9.25. The van der Waals surface area contributed by atoms with E-state index < -0.39 is 0 Å². The second kappa shape index (κ2) is 7.88. The van der Waals surface area contributed by atoms with E-state index in [0.717, 1.165) is 43.6 Å². The first kappa shape index (κ1) is 21.1. The summed E-state index contributed by atoms with van der Waals surface area (Å²) in [6.45, 7) is 5.91. The quantitative estimate of drug-likeness (QED) is 0.390. The molecule has 0 saturated heterocycles. The molecule has 0 spiro atoms. The normalized spacial score (nSPS) is 27.5. The first-order valence-electron chi connectivity index (χ1n) is 13.2. The van der Waals surface area contributed by atoms with Gasteiger partial charge >= 0.3 is 0 Å². The first-order valence-corrected chi connectivity index (χ1v) is 13.2. The monoisotopic (exact) mass is 459 g/mol. The van der Waals surface area contributed by atoms with Gasteiger partial charge in [0.25, 0.3) is 0 Å². The highest BCUT2D eigenvalue weighted by atomic mass is 16.3. The summed E-state index contributed by atoms with van der Waals surface area (Å²) in [6.07, 6.45) is 20.7. The standard InChI is InChI=1S/C33H33NO/c1-22(23-9-5-3-6-10-23)33(2)17-18-34-21-26-13-15-27-28-19-25(24-11-7-4-8-12-24)14-16-30(28)35-32(27)31(26)29(34)20-33/h3-9,11-13,15,17-19,22-23,29H,10,14,16,20-21H2,1-2H3. The Morgan fingerprint density at radius 3 is 2.77 bits per heavy atom. The van der Waals surface area contributed by atoms with E-state index in [1.807, 2.05) is 0 Å². The molecule has 0 N–H and O–H groups in total. The van der Waals surface area contributed by atoms with Gasteiger partial charge in [-0.15, -0.1) is 0 Å². The average molecular weight is 460 g/mol. The lowest BCUT2D eigenvalue weighted by Crippen LogP contribution is -2.36. The fourth-order valence-corrected chi connectivity index (χ4v) is 6.91. The van der Waals surface area contributed by atoms with E-state index >= 15 is 0 Å². The highest BCUT2D eigenvalue weighted by Crippen LogP contribution is 2.53. The predicted octanol–water partition coefficient (Wildman–Crippen LogP) is 8.47. The maximum absolute atomic E-state index is 6.70. The van der Waals surface area contributed by atoms with Gasteiger partial charge in [-0.1, -0.05) is 86.7 Å². The maximum Gasteiger partial charge on any atom is 0.140 e. The van der Waals surface area contributed by atoms with Crippen molar-refractivity contribution in [1.82, 2.24) is 4.90 Å². The molecule has 4 atom stereocenters. The van der Waals surface area contributed by atoms with Crippen molar-refractivity contribution in [2.45, 2.75) is 52.1 Å². The van der Waals surface area contributed by atoms with Crippen LogP contribution < -0.4 is 0 Å². The summed E-state index contributed by atoms with van der Waals surface area (Å²) in [7, 11) is 0. The van der Waals surface area contributed by atoms with Gasteiger partial charge in [0.05, 0.1) is 6.04 Å². The molecule has 3 heterocycles. The third-order valence-electron chi connectivity index (χ3n) is 9.25. The molecule has 0 radical (unpaired) electrons. The second-order valence-corrected chi connectivity index (χ2v) is 11.2. The van der Waals surface area contributed by atoms with Gasteiger partial charge < -0.3 is 9.32 Å². The number of hydrogen-bond donors (Lipinski definition) is 0. The summed E-state index contributed by atoms with van der Waals surface area (Å²) in [5.41, 5.74) is 8.21. The molecule has 7 rings (SSSR count). The Balaban J connectivity index is 1.28. The van der Waals surface area contributed by atoms with E-state index in [2.05, 4.69) is 104 Å². The molecule has 2 heteroatoms. The van der Waals surface area contributed by atoms with Gasteiger partial charge in [-0.25, -0.2) is 0 Å². The number of nitrogens with zero attached hydrogens (tertiary/aromatic N) is 1. The fraction of sp³-hybridized carbons (Fsp3) is 0.333. The lowest BCUT2D eigenvalue weighted by molar-refractivity contribution is 0.125. The lowest BCUT2D eigenvalue weighted by atomic mass is 9.65. The van der Waals surface area contributed by atoms with Crippen molar-refractivity contribution in [3.8, 4) is 0 Å². The zero-order valence-electron chi connectivity index (χ0n) is 20.7. The van der Waals surface area contributed by atoms with E-state index in [1.54, 1.807) is 0 Å². The Morgan fingerprint density at radius 2 is 1.94 bits per heavy atom. The van der Waals surface area contributed by atoms with Crippen molar-refractivity contribution in [3.63, 3.8) is 0 Å². The zero-order chi connectivity index (χ0) is 23.6. The maximum atomic E-state index is 6.70. The zero-order valence-corrected chi connectivity index (χ0v) is 20.7. The van der Waals surface area contributed by atoms with Crippen molar-refractivity contribution in [1.29, 1.82) is 0 Å². The Bertz CT molecular complexity index is 1420. The predicted molar refractivity (Wildman–Crippen MR) is 145 cm³/mol. The van der Waals surface area contributed by atoms with Crippen molar-refractivity contribution in [3.05, 3.63) is 107 Å². The molecule has 176 valence electrons. The van der Waals surface area contributed by atoms with E-state index in [4.69, 9.17) is 4.42 Å². The summed E-state index contributed by atoms with van der Waals surface area (Å²) in [4.78, 5) is 2.54. The van der Waals surface area contributed by atoms with Crippen LogP contribution in [0.5, 0.6) is 0 Å². The smallest absolute Gasteiger partial charge is 0.140 e. The van der Waals surface area contributed by atoms with Crippen LogP contribution in [0, 0.1) is 17.3 Å². The Morgan fingerprint density at radius 1 is 1.06 bits per heavy atom. The Labute approximate surface area is 208 Å².